The topological polar surface area (TPSA) is 53.2 Å². The summed E-state index contributed by atoms with van der Waals surface area (Å²) in [6.07, 6.45) is 1.49. The van der Waals surface area contributed by atoms with Crippen molar-refractivity contribution in [3.05, 3.63) is 62.9 Å². The Morgan fingerprint density at radius 1 is 1.11 bits per heavy atom. The van der Waals surface area contributed by atoms with Crippen LogP contribution in [-0.2, 0) is 13.6 Å². The summed E-state index contributed by atoms with van der Waals surface area (Å²) in [7, 11) is 1.46. The van der Waals surface area contributed by atoms with E-state index in [0.29, 0.717) is 13.2 Å². The van der Waals surface area contributed by atoms with Crippen LogP contribution in [-0.4, -0.2) is 15.7 Å². The van der Waals surface area contributed by atoms with Gasteiger partial charge in [-0.05, 0) is 19.1 Å². The molecule has 100 valence electrons. The van der Waals surface area contributed by atoms with Crippen LogP contribution in [0, 0.1) is 6.92 Å². The fourth-order valence-electron chi connectivity index (χ4n) is 1.68. The summed E-state index contributed by atoms with van der Waals surface area (Å²) in [4.78, 5) is 23.0. The molecule has 19 heavy (non-hydrogen) atoms. The standard InChI is InChI=1S/C14H16N2O3/c1-11-3-5-12(6-4-11)19-10-9-16-8-7-13(17)15(2)14(16)18/h3-8H,9-10H2,1-2H3. The fourth-order valence-corrected chi connectivity index (χ4v) is 1.68. The lowest BCUT2D eigenvalue weighted by Gasteiger charge is -2.09. The third-order valence-electron chi connectivity index (χ3n) is 2.88. The molecule has 2 rings (SSSR count). The van der Waals surface area contributed by atoms with Gasteiger partial charge < -0.3 is 4.74 Å². The lowest BCUT2D eigenvalue weighted by molar-refractivity contribution is 0.294. The third-order valence-corrected chi connectivity index (χ3v) is 2.88. The molecule has 1 aromatic heterocycles. The monoisotopic (exact) mass is 260 g/mol. The van der Waals surface area contributed by atoms with Crippen LogP contribution in [0.5, 0.6) is 5.75 Å². The minimum Gasteiger partial charge on any atom is -0.492 e. The summed E-state index contributed by atoms with van der Waals surface area (Å²) < 4.78 is 8.07. The van der Waals surface area contributed by atoms with Gasteiger partial charge in [0, 0.05) is 19.3 Å². The zero-order chi connectivity index (χ0) is 13.8. The second-order valence-corrected chi connectivity index (χ2v) is 4.35. The summed E-state index contributed by atoms with van der Waals surface area (Å²) in [6.45, 7) is 2.79. The van der Waals surface area contributed by atoms with Crippen LogP contribution in [0.15, 0.2) is 46.1 Å². The normalized spacial score (nSPS) is 10.4. The predicted molar refractivity (Wildman–Crippen MR) is 72.6 cm³/mol. The largest absolute Gasteiger partial charge is 0.492 e. The van der Waals surface area contributed by atoms with Crippen molar-refractivity contribution in [1.29, 1.82) is 0 Å². The first-order valence-corrected chi connectivity index (χ1v) is 6.04. The van der Waals surface area contributed by atoms with E-state index < -0.39 is 0 Å². The molecule has 0 N–H and O–H groups in total. The van der Waals surface area contributed by atoms with Gasteiger partial charge in [-0.15, -0.1) is 0 Å². The van der Waals surface area contributed by atoms with E-state index >= 15 is 0 Å². The Hall–Kier alpha value is -2.30. The Labute approximate surface area is 110 Å². The number of aromatic nitrogens is 2. The van der Waals surface area contributed by atoms with Crippen molar-refractivity contribution >= 4 is 0 Å². The molecule has 5 nitrogen and oxygen atoms in total. The average Bonchev–Trinajstić information content (AvgIpc) is 2.41. The molecule has 0 saturated carbocycles. The van der Waals surface area contributed by atoms with Crippen molar-refractivity contribution < 1.29 is 4.74 Å². The van der Waals surface area contributed by atoms with E-state index in [9.17, 15) is 9.59 Å². The minimum atomic E-state index is -0.333. The molecular weight excluding hydrogens is 244 g/mol. The second kappa shape index (κ2) is 5.56. The fraction of sp³-hybridized carbons (Fsp3) is 0.286. The van der Waals surface area contributed by atoms with E-state index in [0.717, 1.165) is 10.3 Å². The van der Waals surface area contributed by atoms with E-state index in [-0.39, 0.29) is 11.2 Å². The van der Waals surface area contributed by atoms with Gasteiger partial charge in [0.05, 0.1) is 6.54 Å². The molecule has 0 spiro atoms. The first-order valence-electron chi connectivity index (χ1n) is 6.04. The molecule has 0 fully saturated rings. The van der Waals surface area contributed by atoms with Crippen LogP contribution in [0.25, 0.3) is 0 Å². The number of benzene rings is 1. The lowest BCUT2D eigenvalue weighted by atomic mass is 10.2. The molecule has 0 aliphatic heterocycles. The number of aryl methyl sites for hydroxylation is 1. The molecule has 0 aliphatic carbocycles. The third kappa shape index (κ3) is 3.13. The maximum absolute atomic E-state index is 11.7. The molecule has 0 unspecified atom stereocenters. The SMILES string of the molecule is Cc1ccc(OCCn2ccc(=O)n(C)c2=O)cc1. The Balaban J connectivity index is 2.00. The number of hydrogen-bond acceptors (Lipinski definition) is 3. The molecule has 0 aliphatic rings. The van der Waals surface area contributed by atoms with Crippen LogP contribution >= 0.6 is 0 Å². The molecule has 0 amide bonds. The van der Waals surface area contributed by atoms with Gasteiger partial charge in [-0.25, -0.2) is 4.79 Å². The molecule has 1 aromatic carbocycles. The highest BCUT2D eigenvalue weighted by atomic mass is 16.5. The molecule has 0 radical (unpaired) electrons. The molecule has 2 aromatic rings. The summed E-state index contributed by atoms with van der Waals surface area (Å²) >= 11 is 0. The highest BCUT2D eigenvalue weighted by Gasteiger charge is 2.01. The van der Waals surface area contributed by atoms with Crippen LogP contribution < -0.4 is 16.0 Å². The highest BCUT2D eigenvalue weighted by molar-refractivity contribution is 5.26. The molecule has 0 bridgehead atoms. The highest BCUT2D eigenvalue weighted by Crippen LogP contribution is 2.10. The van der Waals surface area contributed by atoms with Gasteiger partial charge in [-0.1, -0.05) is 17.7 Å². The van der Waals surface area contributed by atoms with Gasteiger partial charge in [0.25, 0.3) is 5.56 Å². The van der Waals surface area contributed by atoms with Crippen LogP contribution in [0.2, 0.25) is 0 Å². The van der Waals surface area contributed by atoms with Crippen molar-refractivity contribution in [3.63, 3.8) is 0 Å². The van der Waals surface area contributed by atoms with Gasteiger partial charge in [0.15, 0.2) is 0 Å². The van der Waals surface area contributed by atoms with E-state index in [2.05, 4.69) is 0 Å². The summed E-state index contributed by atoms with van der Waals surface area (Å²) in [5.41, 5.74) is 0.530. The molecule has 0 atom stereocenters. The maximum Gasteiger partial charge on any atom is 0.330 e. The van der Waals surface area contributed by atoms with E-state index in [1.165, 1.54) is 29.4 Å². The molecule has 1 heterocycles. The Morgan fingerprint density at radius 2 is 1.79 bits per heavy atom. The zero-order valence-electron chi connectivity index (χ0n) is 11.0. The Bertz CT molecular complexity index is 668. The van der Waals surface area contributed by atoms with Crippen molar-refractivity contribution in [2.45, 2.75) is 13.5 Å². The molecular formula is C14H16N2O3. The predicted octanol–water partition coefficient (Wildman–Crippen LogP) is 0.934. The summed E-state index contributed by atoms with van der Waals surface area (Å²) in [5.74, 6) is 0.767. The quantitative estimate of drug-likeness (QED) is 0.822. The van der Waals surface area contributed by atoms with Gasteiger partial charge in [0.1, 0.15) is 12.4 Å². The Morgan fingerprint density at radius 3 is 2.47 bits per heavy atom. The second-order valence-electron chi connectivity index (χ2n) is 4.35. The maximum atomic E-state index is 11.7. The van der Waals surface area contributed by atoms with Gasteiger partial charge in [-0.3, -0.25) is 13.9 Å². The van der Waals surface area contributed by atoms with Crippen molar-refractivity contribution in [2.24, 2.45) is 7.05 Å². The molecule has 0 saturated heterocycles. The zero-order valence-corrected chi connectivity index (χ0v) is 11.0. The van der Waals surface area contributed by atoms with E-state index in [1.807, 2.05) is 31.2 Å². The first-order chi connectivity index (χ1) is 9.08. The number of rotatable bonds is 4. The minimum absolute atomic E-state index is 0.305. The van der Waals surface area contributed by atoms with Crippen LogP contribution in [0.4, 0.5) is 0 Å². The molecule has 5 heteroatoms. The number of hydrogen-bond donors (Lipinski definition) is 0. The summed E-state index contributed by atoms with van der Waals surface area (Å²) in [5, 5.41) is 0. The summed E-state index contributed by atoms with van der Waals surface area (Å²) in [6, 6.07) is 9.08. The Kier molecular flexibility index (Phi) is 3.85. The average molecular weight is 260 g/mol. The lowest BCUT2D eigenvalue weighted by Crippen LogP contribution is -2.37. The van der Waals surface area contributed by atoms with Gasteiger partial charge >= 0.3 is 5.69 Å². The van der Waals surface area contributed by atoms with Crippen molar-refractivity contribution in [1.82, 2.24) is 9.13 Å². The van der Waals surface area contributed by atoms with Crippen molar-refractivity contribution in [2.75, 3.05) is 6.61 Å². The van der Waals surface area contributed by atoms with Crippen molar-refractivity contribution in [3.8, 4) is 5.75 Å². The first kappa shape index (κ1) is 13.1. The van der Waals surface area contributed by atoms with Gasteiger partial charge in [0.2, 0.25) is 0 Å². The van der Waals surface area contributed by atoms with E-state index in [4.69, 9.17) is 4.74 Å². The van der Waals surface area contributed by atoms with Gasteiger partial charge in [-0.2, -0.15) is 0 Å². The number of ether oxygens (including phenoxy) is 1. The van der Waals surface area contributed by atoms with Crippen LogP contribution in [0.1, 0.15) is 5.56 Å². The van der Waals surface area contributed by atoms with E-state index in [1.54, 1.807) is 0 Å². The van der Waals surface area contributed by atoms with Crippen LogP contribution in [0.3, 0.4) is 0 Å². The number of nitrogens with zero attached hydrogens (tertiary/aromatic N) is 2. The smallest absolute Gasteiger partial charge is 0.330 e.